The van der Waals surface area contributed by atoms with Crippen molar-refractivity contribution in [3.05, 3.63) is 30.7 Å². The van der Waals surface area contributed by atoms with Gasteiger partial charge in [-0.2, -0.15) is 0 Å². The summed E-state index contributed by atoms with van der Waals surface area (Å²) in [6.45, 7) is 4.18. The van der Waals surface area contributed by atoms with Crippen LogP contribution in [0.15, 0.2) is 24.1 Å². The van der Waals surface area contributed by atoms with Crippen LogP contribution < -0.4 is 0 Å². The molecule has 0 amide bonds. The summed E-state index contributed by atoms with van der Waals surface area (Å²) in [7, 11) is 0. The second-order valence-corrected chi connectivity index (χ2v) is 3.22. The lowest BCUT2D eigenvalue weighted by molar-refractivity contribution is 0.244. The molecule has 2 aliphatic heterocycles. The summed E-state index contributed by atoms with van der Waals surface area (Å²) >= 11 is 0. The summed E-state index contributed by atoms with van der Waals surface area (Å²) < 4.78 is 5.12. The van der Waals surface area contributed by atoms with Gasteiger partial charge in [0.2, 0.25) is 0 Å². The predicted molar refractivity (Wildman–Crippen MR) is 48.0 cm³/mol. The largest absolute Gasteiger partial charge is 0.487 e. The van der Waals surface area contributed by atoms with Gasteiger partial charge in [0.1, 0.15) is 0 Å². The van der Waals surface area contributed by atoms with Gasteiger partial charge in [0.25, 0.3) is 0 Å². The highest BCUT2D eigenvalue weighted by molar-refractivity contribution is 5.19. The van der Waals surface area contributed by atoms with Gasteiger partial charge in [0.15, 0.2) is 6.61 Å². The molecule has 0 aliphatic carbocycles. The molecule has 0 spiro atoms. The Kier molecular flexibility index (Phi) is 2.35. The average molecular weight is 164 g/mol. The normalized spacial score (nSPS) is 23.3. The number of nitrogens with zero attached hydrogens (tertiary/aromatic N) is 1. The highest BCUT2D eigenvalue weighted by Gasteiger charge is 2.14. The van der Waals surface area contributed by atoms with Gasteiger partial charge in [-0.05, 0) is 31.4 Å². The molecule has 0 N–H and O–H groups in total. The quantitative estimate of drug-likeness (QED) is 0.588. The maximum Gasteiger partial charge on any atom is 0.180 e. The summed E-state index contributed by atoms with van der Waals surface area (Å²) in [5.74, 6) is 0. The molecule has 1 saturated heterocycles. The van der Waals surface area contributed by atoms with E-state index in [9.17, 15) is 0 Å². The molecule has 2 aliphatic rings. The second-order valence-electron chi connectivity index (χ2n) is 3.22. The van der Waals surface area contributed by atoms with Crippen molar-refractivity contribution in [3.63, 3.8) is 0 Å². The minimum absolute atomic E-state index is 1.18. The summed E-state index contributed by atoms with van der Waals surface area (Å²) in [6.07, 6.45) is 9.76. The Hall–Kier alpha value is -0.920. The van der Waals surface area contributed by atoms with Crippen molar-refractivity contribution in [1.82, 2.24) is 4.90 Å². The number of piperidine rings is 1. The second kappa shape index (κ2) is 3.65. The first-order valence-electron chi connectivity index (χ1n) is 4.57. The third-order valence-electron chi connectivity index (χ3n) is 2.33. The molecule has 0 atom stereocenters. The number of likely N-dealkylation sites (tertiary alicyclic amines) is 1. The van der Waals surface area contributed by atoms with Crippen LogP contribution in [-0.4, -0.2) is 18.0 Å². The van der Waals surface area contributed by atoms with Crippen LogP contribution in [0.25, 0.3) is 0 Å². The van der Waals surface area contributed by atoms with E-state index in [2.05, 4.69) is 11.0 Å². The molecule has 2 heteroatoms. The van der Waals surface area contributed by atoms with E-state index in [1.807, 2.05) is 12.7 Å². The minimum atomic E-state index is 1.18. The van der Waals surface area contributed by atoms with E-state index < -0.39 is 0 Å². The van der Waals surface area contributed by atoms with Crippen molar-refractivity contribution in [2.45, 2.75) is 19.3 Å². The fraction of sp³-hybridized carbons (Fsp3) is 0.500. The molecule has 0 aromatic heterocycles. The average Bonchev–Trinajstić information content (AvgIpc) is 2.21. The van der Waals surface area contributed by atoms with Crippen LogP contribution in [0.5, 0.6) is 0 Å². The number of ether oxygens (including phenoxy) is 1. The molecule has 12 heavy (non-hydrogen) atoms. The summed E-state index contributed by atoms with van der Waals surface area (Å²) in [5, 5.41) is 0. The maximum absolute atomic E-state index is 5.12. The fourth-order valence-corrected chi connectivity index (χ4v) is 1.66. The Balaban J connectivity index is 1.97. The molecule has 0 saturated carbocycles. The molecular formula is C10H14NO. The van der Waals surface area contributed by atoms with Gasteiger partial charge in [-0.1, -0.05) is 0 Å². The van der Waals surface area contributed by atoms with E-state index in [-0.39, 0.29) is 0 Å². The minimum Gasteiger partial charge on any atom is -0.487 e. The van der Waals surface area contributed by atoms with Crippen LogP contribution in [0, 0.1) is 6.61 Å². The van der Waals surface area contributed by atoms with E-state index in [4.69, 9.17) is 4.74 Å². The first-order chi connectivity index (χ1) is 5.97. The van der Waals surface area contributed by atoms with Crippen molar-refractivity contribution in [2.75, 3.05) is 13.1 Å². The Morgan fingerprint density at radius 2 is 2.00 bits per heavy atom. The van der Waals surface area contributed by atoms with Gasteiger partial charge in [-0.25, -0.2) is 0 Å². The maximum atomic E-state index is 5.12. The van der Waals surface area contributed by atoms with Crippen molar-refractivity contribution in [1.29, 1.82) is 0 Å². The van der Waals surface area contributed by atoms with Crippen LogP contribution in [-0.2, 0) is 4.74 Å². The van der Waals surface area contributed by atoms with Crippen LogP contribution in [0.3, 0.4) is 0 Å². The molecule has 0 aromatic rings. The van der Waals surface area contributed by atoms with Crippen LogP contribution >= 0.6 is 0 Å². The molecule has 1 radical (unpaired) electrons. The van der Waals surface area contributed by atoms with Gasteiger partial charge in [-0.15, -0.1) is 0 Å². The van der Waals surface area contributed by atoms with Crippen LogP contribution in [0.4, 0.5) is 0 Å². The molecule has 2 nitrogen and oxygen atoms in total. The van der Waals surface area contributed by atoms with E-state index in [0.29, 0.717) is 0 Å². The van der Waals surface area contributed by atoms with Crippen molar-refractivity contribution >= 4 is 0 Å². The Morgan fingerprint density at radius 3 is 2.67 bits per heavy atom. The standard InChI is InChI=1S/C10H14NO/c1-2-6-11(7-3-1)10-5-4-8-12-9-10/h4-5,8-9H,1-3,6-7H2. The van der Waals surface area contributed by atoms with E-state index in [1.165, 1.54) is 38.0 Å². The van der Waals surface area contributed by atoms with E-state index in [1.54, 1.807) is 6.26 Å². The number of hydrogen-bond donors (Lipinski definition) is 0. The van der Waals surface area contributed by atoms with E-state index in [0.717, 1.165) is 0 Å². The lowest BCUT2D eigenvalue weighted by atomic mass is 10.1. The molecular weight excluding hydrogens is 150 g/mol. The smallest absolute Gasteiger partial charge is 0.180 e. The molecule has 2 rings (SSSR count). The highest BCUT2D eigenvalue weighted by atomic mass is 16.5. The number of hydrogen-bond acceptors (Lipinski definition) is 2. The molecule has 0 aromatic carbocycles. The van der Waals surface area contributed by atoms with Gasteiger partial charge in [0, 0.05) is 13.1 Å². The summed E-state index contributed by atoms with van der Waals surface area (Å²) in [6, 6.07) is 0. The Labute approximate surface area is 73.5 Å². The number of allylic oxidation sites excluding steroid dienone is 2. The molecule has 2 heterocycles. The monoisotopic (exact) mass is 164 g/mol. The third-order valence-corrected chi connectivity index (χ3v) is 2.33. The van der Waals surface area contributed by atoms with Crippen LogP contribution in [0.2, 0.25) is 0 Å². The van der Waals surface area contributed by atoms with Crippen molar-refractivity contribution < 1.29 is 4.74 Å². The number of rotatable bonds is 1. The summed E-state index contributed by atoms with van der Waals surface area (Å²) in [4.78, 5) is 2.38. The molecule has 1 fully saturated rings. The van der Waals surface area contributed by atoms with Gasteiger partial charge in [-0.3, -0.25) is 0 Å². The van der Waals surface area contributed by atoms with Gasteiger partial charge >= 0.3 is 0 Å². The third kappa shape index (κ3) is 1.63. The Morgan fingerprint density at radius 1 is 1.17 bits per heavy atom. The highest BCUT2D eigenvalue weighted by Crippen LogP contribution is 2.18. The van der Waals surface area contributed by atoms with Gasteiger partial charge < -0.3 is 9.64 Å². The van der Waals surface area contributed by atoms with Crippen LogP contribution in [0.1, 0.15) is 19.3 Å². The first-order valence-corrected chi connectivity index (χ1v) is 4.57. The van der Waals surface area contributed by atoms with Gasteiger partial charge in [0.05, 0.1) is 12.0 Å². The lowest BCUT2D eigenvalue weighted by Gasteiger charge is -2.30. The van der Waals surface area contributed by atoms with Crippen molar-refractivity contribution in [2.24, 2.45) is 0 Å². The van der Waals surface area contributed by atoms with Crippen molar-refractivity contribution in [3.8, 4) is 0 Å². The molecule has 65 valence electrons. The van der Waals surface area contributed by atoms with E-state index >= 15 is 0 Å². The summed E-state index contributed by atoms with van der Waals surface area (Å²) in [5.41, 5.74) is 1.22. The Bertz CT molecular complexity index is 202. The zero-order chi connectivity index (χ0) is 8.23. The zero-order valence-electron chi connectivity index (χ0n) is 7.20. The first kappa shape index (κ1) is 7.71. The zero-order valence-corrected chi connectivity index (χ0v) is 7.20. The molecule has 0 unspecified atom stereocenters. The fourth-order valence-electron chi connectivity index (χ4n) is 1.66. The topological polar surface area (TPSA) is 12.5 Å². The lowest BCUT2D eigenvalue weighted by Crippen LogP contribution is -2.29. The SMILES string of the molecule is [CH]1OC=CC=C1N1CCCCC1. The molecule has 0 bridgehead atoms. The predicted octanol–water partition coefficient (Wildman–Crippen LogP) is 2.06.